The molecule has 2 rings (SSSR count). The molecule has 1 aromatic carbocycles. The Morgan fingerprint density at radius 1 is 1.41 bits per heavy atom. The molecule has 5 nitrogen and oxygen atoms in total. The fourth-order valence-corrected chi connectivity index (χ4v) is 1.68. The summed E-state index contributed by atoms with van der Waals surface area (Å²) in [5.74, 6) is -0.117. The highest BCUT2D eigenvalue weighted by molar-refractivity contribution is 5.81. The number of rotatable bonds is 3. The first-order valence-corrected chi connectivity index (χ1v) is 5.44. The molecule has 17 heavy (non-hydrogen) atoms. The van der Waals surface area contributed by atoms with Crippen molar-refractivity contribution in [3.05, 3.63) is 40.7 Å². The molecule has 1 N–H and O–H groups in total. The zero-order valence-electron chi connectivity index (χ0n) is 9.51. The summed E-state index contributed by atoms with van der Waals surface area (Å²) in [5.41, 5.74) is 0.541. The first-order chi connectivity index (χ1) is 8.22. The van der Waals surface area contributed by atoms with E-state index in [1.165, 1.54) is 10.9 Å². The standard InChI is InChI=1S/C12H13N3O2/c1-2-13-12(17)8-15-10-6-4-3-5-9(10)11(16)7-14-15/h3-7H,2,8H2,1H3,(H,13,17). The topological polar surface area (TPSA) is 64.0 Å². The van der Waals surface area contributed by atoms with Gasteiger partial charge in [0.25, 0.3) is 0 Å². The number of benzene rings is 1. The maximum atomic E-state index is 11.6. The van der Waals surface area contributed by atoms with Crippen molar-refractivity contribution in [2.45, 2.75) is 13.5 Å². The van der Waals surface area contributed by atoms with E-state index in [4.69, 9.17) is 0 Å². The van der Waals surface area contributed by atoms with Gasteiger partial charge >= 0.3 is 0 Å². The molecular weight excluding hydrogens is 218 g/mol. The molecule has 0 aliphatic carbocycles. The van der Waals surface area contributed by atoms with Crippen LogP contribution in [0.3, 0.4) is 0 Å². The van der Waals surface area contributed by atoms with Crippen LogP contribution in [0.2, 0.25) is 0 Å². The Kier molecular flexibility index (Phi) is 3.18. The van der Waals surface area contributed by atoms with Crippen molar-refractivity contribution in [3.8, 4) is 0 Å². The molecule has 1 heterocycles. The van der Waals surface area contributed by atoms with Crippen LogP contribution in [-0.2, 0) is 11.3 Å². The van der Waals surface area contributed by atoms with Crippen LogP contribution in [0.15, 0.2) is 35.3 Å². The lowest BCUT2D eigenvalue weighted by molar-refractivity contribution is -0.121. The predicted molar refractivity (Wildman–Crippen MR) is 64.7 cm³/mol. The normalized spacial score (nSPS) is 10.4. The summed E-state index contributed by atoms with van der Waals surface area (Å²) in [7, 11) is 0. The number of hydrogen-bond acceptors (Lipinski definition) is 3. The zero-order chi connectivity index (χ0) is 12.3. The quantitative estimate of drug-likeness (QED) is 0.838. The number of aromatic nitrogens is 2. The largest absolute Gasteiger partial charge is 0.355 e. The minimum absolute atomic E-state index is 0.117. The number of fused-ring (bicyclic) bond motifs is 1. The van der Waals surface area contributed by atoms with Crippen molar-refractivity contribution in [2.24, 2.45) is 0 Å². The Labute approximate surface area is 98.1 Å². The third-order valence-corrected chi connectivity index (χ3v) is 2.43. The highest BCUT2D eigenvalue weighted by Gasteiger charge is 2.06. The highest BCUT2D eigenvalue weighted by atomic mass is 16.2. The van der Waals surface area contributed by atoms with Gasteiger partial charge < -0.3 is 5.32 Å². The summed E-state index contributed by atoms with van der Waals surface area (Å²) in [6.45, 7) is 2.56. The fourth-order valence-electron chi connectivity index (χ4n) is 1.68. The third kappa shape index (κ3) is 2.33. The molecule has 0 saturated carbocycles. The van der Waals surface area contributed by atoms with E-state index in [9.17, 15) is 9.59 Å². The van der Waals surface area contributed by atoms with E-state index in [0.717, 1.165) is 0 Å². The second-order valence-corrected chi connectivity index (χ2v) is 3.64. The molecule has 88 valence electrons. The summed E-state index contributed by atoms with van der Waals surface area (Å²) < 4.78 is 1.53. The Morgan fingerprint density at radius 2 is 2.18 bits per heavy atom. The van der Waals surface area contributed by atoms with E-state index < -0.39 is 0 Å². The number of nitrogens with zero attached hydrogens (tertiary/aromatic N) is 2. The maximum Gasteiger partial charge on any atom is 0.241 e. The van der Waals surface area contributed by atoms with Gasteiger partial charge in [0.1, 0.15) is 6.54 Å². The molecule has 0 unspecified atom stereocenters. The number of para-hydroxylation sites is 1. The van der Waals surface area contributed by atoms with E-state index in [2.05, 4.69) is 10.4 Å². The minimum atomic E-state index is -0.132. The van der Waals surface area contributed by atoms with Gasteiger partial charge in [0.2, 0.25) is 11.3 Å². The van der Waals surface area contributed by atoms with Gasteiger partial charge in [-0.25, -0.2) is 0 Å². The Morgan fingerprint density at radius 3 is 2.94 bits per heavy atom. The van der Waals surface area contributed by atoms with Crippen molar-refractivity contribution in [1.82, 2.24) is 15.1 Å². The molecule has 0 bridgehead atoms. The summed E-state index contributed by atoms with van der Waals surface area (Å²) >= 11 is 0. The van der Waals surface area contributed by atoms with E-state index in [-0.39, 0.29) is 17.9 Å². The maximum absolute atomic E-state index is 11.6. The van der Waals surface area contributed by atoms with Crippen molar-refractivity contribution < 1.29 is 4.79 Å². The summed E-state index contributed by atoms with van der Waals surface area (Å²) in [4.78, 5) is 23.1. The molecule has 2 aromatic rings. The van der Waals surface area contributed by atoms with Crippen LogP contribution in [0.1, 0.15) is 6.92 Å². The highest BCUT2D eigenvalue weighted by Crippen LogP contribution is 2.07. The van der Waals surface area contributed by atoms with Crippen molar-refractivity contribution in [3.63, 3.8) is 0 Å². The zero-order valence-corrected chi connectivity index (χ0v) is 9.51. The minimum Gasteiger partial charge on any atom is -0.355 e. The molecule has 0 spiro atoms. The van der Waals surface area contributed by atoms with Gasteiger partial charge in [-0.15, -0.1) is 0 Å². The van der Waals surface area contributed by atoms with Crippen LogP contribution in [0, 0.1) is 0 Å². The predicted octanol–water partition coefficient (Wildman–Crippen LogP) is 0.533. The second-order valence-electron chi connectivity index (χ2n) is 3.64. The number of carbonyl (C=O) groups excluding carboxylic acids is 1. The summed E-state index contributed by atoms with van der Waals surface area (Å²) in [6, 6.07) is 7.12. The molecule has 1 aromatic heterocycles. The van der Waals surface area contributed by atoms with Crippen molar-refractivity contribution in [1.29, 1.82) is 0 Å². The average Bonchev–Trinajstić information content (AvgIpc) is 2.34. The number of nitrogens with one attached hydrogen (secondary N) is 1. The van der Waals surface area contributed by atoms with Crippen LogP contribution in [0.25, 0.3) is 10.9 Å². The molecule has 0 aliphatic rings. The molecule has 5 heteroatoms. The smallest absolute Gasteiger partial charge is 0.241 e. The summed E-state index contributed by atoms with van der Waals surface area (Å²) in [5, 5.41) is 7.24. The molecule has 0 aliphatic heterocycles. The molecule has 0 atom stereocenters. The van der Waals surface area contributed by atoms with E-state index in [1.54, 1.807) is 18.2 Å². The van der Waals surface area contributed by atoms with Gasteiger partial charge in [0.15, 0.2) is 0 Å². The van der Waals surface area contributed by atoms with Crippen molar-refractivity contribution in [2.75, 3.05) is 6.54 Å². The number of amides is 1. The Bertz CT molecular complexity index is 604. The number of hydrogen-bond donors (Lipinski definition) is 1. The Hall–Kier alpha value is -2.17. The third-order valence-electron chi connectivity index (χ3n) is 2.43. The van der Waals surface area contributed by atoms with Crippen LogP contribution in [0.5, 0.6) is 0 Å². The van der Waals surface area contributed by atoms with E-state index in [1.807, 2.05) is 13.0 Å². The van der Waals surface area contributed by atoms with Gasteiger partial charge in [-0.3, -0.25) is 14.3 Å². The fraction of sp³-hybridized carbons (Fsp3) is 0.250. The van der Waals surface area contributed by atoms with E-state index in [0.29, 0.717) is 17.4 Å². The Balaban J connectivity index is 2.45. The first kappa shape index (κ1) is 11.3. The monoisotopic (exact) mass is 231 g/mol. The van der Waals surface area contributed by atoms with Gasteiger partial charge in [0.05, 0.1) is 11.7 Å². The van der Waals surface area contributed by atoms with Crippen LogP contribution in [-0.4, -0.2) is 22.2 Å². The number of carbonyl (C=O) groups is 1. The molecule has 1 amide bonds. The lowest BCUT2D eigenvalue weighted by Gasteiger charge is -2.08. The first-order valence-electron chi connectivity index (χ1n) is 5.44. The lowest BCUT2D eigenvalue weighted by Crippen LogP contribution is -2.28. The van der Waals surface area contributed by atoms with Crippen LogP contribution < -0.4 is 10.7 Å². The van der Waals surface area contributed by atoms with Gasteiger partial charge in [-0.1, -0.05) is 12.1 Å². The van der Waals surface area contributed by atoms with Gasteiger partial charge in [0, 0.05) is 11.9 Å². The van der Waals surface area contributed by atoms with E-state index >= 15 is 0 Å². The molecule has 0 saturated heterocycles. The second kappa shape index (κ2) is 4.78. The van der Waals surface area contributed by atoms with Crippen LogP contribution >= 0.6 is 0 Å². The molecule has 0 fully saturated rings. The summed E-state index contributed by atoms with van der Waals surface area (Å²) in [6.07, 6.45) is 1.24. The van der Waals surface area contributed by atoms with Crippen molar-refractivity contribution >= 4 is 16.8 Å². The van der Waals surface area contributed by atoms with Gasteiger partial charge in [-0.05, 0) is 19.1 Å². The number of likely N-dealkylation sites (N-methyl/N-ethyl adjacent to an activating group) is 1. The SMILES string of the molecule is CCNC(=O)Cn1ncc(=O)c2ccccc21. The lowest BCUT2D eigenvalue weighted by atomic mass is 10.2. The van der Waals surface area contributed by atoms with Gasteiger partial charge in [-0.2, -0.15) is 5.10 Å². The average molecular weight is 231 g/mol. The molecular formula is C12H13N3O2. The molecule has 0 radical (unpaired) electrons. The van der Waals surface area contributed by atoms with Crippen LogP contribution in [0.4, 0.5) is 0 Å².